The number of hydrogen-bond donors (Lipinski definition) is 2. The average molecular weight is 267 g/mol. The molecule has 2 aliphatic heterocycles. The number of amides is 1. The molecule has 4 nitrogen and oxygen atoms in total. The van der Waals surface area contributed by atoms with E-state index in [1.807, 2.05) is 0 Å². The van der Waals surface area contributed by atoms with Crippen molar-refractivity contribution in [3.8, 4) is 0 Å². The van der Waals surface area contributed by atoms with E-state index in [4.69, 9.17) is 5.73 Å². The van der Waals surface area contributed by atoms with Gasteiger partial charge in [-0.1, -0.05) is 20.3 Å². The predicted molar refractivity (Wildman–Crippen MR) is 77.8 cm³/mol. The van der Waals surface area contributed by atoms with Crippen molar-refractivity contribution in [2.45, 2.75) is 76.5 Å². The van der Waals surface area contributed by atoms with E-state index in [0.717, 1.165) is 19.3 Å². The van der Waals surface area contributed by atoms with E-state index >= 15 is 0 Å². The van der Waals surface area contributed by atoms with E-state index in [-0.39, 0.29) is 11.9 Å². The highest BCUT2D eigenvalue weighted by Gasteiger charge is 2.36. The Labute approximate surface area is 117 Å². The first-order valence-electron chi connectivity index (χ1n) is 7.75. The minimum atomic E-state index is -0.348. The van der Waals surface area contributed by atoms with Crippen LogP contribution in [0.1, 0.15) is 52.4 Å². The molecule has 1 amide bonds. The van der Waals surface area contributed by atoms with Gasteiger partial charge in [-0.3, -0.25) is 4.79 Å². The van der Waals surface area contributed by atoms with Crippen molar-refractivity contribution >= 4 is 5.91 Å². The summed E-state index contributed by atoms with van der Waals surface area (Å²) < 4.78 is 0. The normalized spacial score (nSPS) is 33.2. The summed E-state index contributed by atoms with van der Waals surface area (Å²) in [6.07, 6.45) is 6.84. The summed E-state index contributed by atoms with van der Waals surface area (Å²) in [4.78, 5) is 14.6. The van der Waals surface area contributed by atoms with E-state index in [9.17, 15) is 4.79 Å². The van der Waals surface area contributed by atoms with E-state index in [0.29, 0.717) is 24.0 Å². The van der Waals surface area contributed by atoms with Crippen molar-refractivity contribution in [2.24, 2.45) is 11.7 Å². The Morgan fingerprint density at radius 3 is 2.42 bits per heavy atom. The highest BCUT2D eigenvalue weighted by atomic mass is 16.2. The summed E-state index contributed by atoms with van der Waals surface area (Å²) in [6.45, 7) is 4.21. The van der Waals surface area contributed by atoms with Gasteiger partial charge in [0.15, 0.2) is 0 Å². The molecule has 2 fully saturated rings. The zero-order chi connectivity index (χ0) is 14.0. The highest BCUT2D eigenvalue weighted by Crippen LogP contribution is 2.32. The number of nitrogens with zero attached hydrogens (tertiary/aromatic N) is 1. The summed E-state index contributed by atoms with van der Waals surface area (Å²) in [7, 11) is 2.23. The first-order valence-corrected chi connectivity index (χ1v) is 7.75. The maximum atomic E-state index is 12.1. The molecule has 2 rings (SSSR count). The molecule has 110 valence electrons. The van der Waals surface area contributed by atoms with Gasteiger partial charge in [-0.25, -0.2) is 0 Å². The fraction of sp³-hybridized carbons (Fsp3) is 0.933. The molecule has 2 bridgehead atoms. The van der Waals surface area contributed by atoms with Gasteiger partial charge in [0.05, 0.1) is 6.04 Å². The Hall–Kier alpha value is -0.610. The first-order chi connectivity index (χ1) is 8.97. The monoisotopic (exact) mass is 267 g/mol. The number of nitrogens with one attached hydrogen (secondary N) is 1. The lowest BCUT2D eigenvalue weighted by Crippen LogP contribution is -2.57. The van der Waals surface area contributed by atoms with Gasteiger partial charge in [-0.2, -0.15) is 0 Å². The predicted octanol–water partition coefficient (Wildman–Crippen LogP) is 1.49. The molecule has 2 aliphatic rings. The zero-order valence-electron chi connectivity index (χ0n) is 12.6. The van der Waals surface area contributed by atoms with Gasteiger partial charge in [-0.15, -0.1) is 0 Å². The maximum absolute atomic E-state index is 12.1. The Morgan fingerprint density at radius 1 is 1.32 bits per heavy atom. The quantitative estimate of drug-likeness (QED) is 0.811. The average Bonchev–Trinajstić information content (AvgIpc) is 2.29. The molecule has 2 saturated heterocycles. The van der Waals surface area contributed by atoms with Crippen LogP contribution in [-0.4, -0.2) is 42.0 Å². The minimum absolute atomic E-state index is 0.0429. The lowest BCUT2D eigenvalue weighted by atomic mass is 9.82. The van der Waals surface area contributed by atoms with Gasteiger partial charge < -0.3 is 16.0 Å². The number of piperidine rings is 2. The molecule has 3 N–H and O–H groups in total. The number of carbonyl (C=O) groups excluding carboxylic acids is 1. The molecule has 4 heteroatoms. The minimum Gasteiger partial charge on any atom is -0.352 e. The molecular formula is C15H29N3O. The smallest absolute Gasteiger partial charge is 0.237 e. The molecule has 0 spiro atoms. The molecule has 0 saturated carbocycles. The van der Waals surface area contributed by atoms with E-state index in [1.165, 1.54) is 19.3 Å². The molecule has 3 atom stereocenters. The van der Waals surface area contributed by atoms with Gasteiger partial charge in [-0.05, 0) is 45.1 Å². The van der Waals surface area contributed by atoms with Crippen molar-refractivity contribution in [1.29, 1.82) is 0 Å². The van der Waals surface area contributed by atoms with Crippen LogP contribution in [-0.2, 0) is 4.79 Å². The van der Waals surface area contributed by atoms with E-state index < -0.39 is 0 Å². The zero-order valence-corrected chi connectivity index (χ0v) is 12.6. The lowest BCUT2D eigenvalue weighted by molar-refractivity contribution is -0.124. The number of hydrogen-bond acceptors (Lipinski definition) is 3. The van der Waals surface area contributed by atoms with Crippen LogP contribution in [0.4, 0.5) is 0 Å². The van der Waals surface area contributed by atoms with Gasteiger partial charge in [0.2, 0.25) is 5.91 Å². The van der Waals surface area contributed by atoms with E-state index in [1.54, 1.807) is 0 Å². The molecule has 2 heterocycles. The van der Waals surface area contributed by atoms with Crippen molar-refractivity contribution in [3.63, 3.8) is 0 Å². The van der Waals surface area contributed by atoms with Crippen LogP contribution in [0.2, 0.25) is 0 Å². The number of fused-ring (bicyclic) bond motifs is 2. The van der Waals surface area contributed by atoms with Crippen molar-refractivity contribution < 1.29 is 4.79 Å². The van der Waals surface area contributed by atoms with E-state index in [2.05, 4.69) is 31.1 Å². The Morgan fingerprint density at radius 2 is 1.89 bits per heavy atom. The third-order valence-electron chi connectivity index (χ3n) is 4.75. The van der Waals surface area contributed by atoms with Crippen molar-refractivity contribution in [3.05, 3.63) is 0 Å². The summed E-state index contributed by atoms with van der Waals surface area (Å²) in [5.41, 5.74) is 5.96. The molecule has 19 heavy (non-hydrogen) atoms. The largest absolute Gasteiger partial charge is 0.352 e. The van der Waals surface area contributed by atoms with Gasteiger partial charge in [0.1, 0.15) is 0 Å². The van der Waals surface area contributed by atoms with Crippen LogP contribution >= 0.6 is 0 Å². The van der Waals surface area contributed by atoms with Gasteiger partial charge >= 0.3 is 0 Å². The van der Waals surface area contributed by atoms with Crippen molar-refractivity contribution in [1.82, 2.24) is 10.2 Å². The number of carbonyl (C=O) groups is 1. The molecule has 0 aliphatic carbocycles. The third-order valence-corrected chi connectivity index (χ3v) is 4.75. The Balaban J connectivity index is 1.85. The van der Waals surface area contributed by atoms with Crippen LogP contribution in [0, 0.1) is 5.92 Å². The second-order valence-corrected chi connectivity index (χ2v) is 6.82. The van der Waals surface area contributed by atoms with Crippen LogP contribution < -0.4 is 11.1 Å². The standard InChI is InChI=1S/C15H29N3O/c1-10(2)7-14(16)15(19)17-11-8-12-5-4-6-13(9-11)18(12)3/h10-14H,4-9,16H2,1-3H3,(H,17,19)/t11?,12?,13?,14-/m1/s1. The van der Waals surface area contributed by atoms with Crippen LogP contribution in [0.3, 0.4) is 0 Å². The second-order valence-electron chi connectivity index (χ2n) is 6.82. The van der Waals surface area contributed by atoms with Gasteiger partial charge in [0, 0.05) is 18.1 Å². The highest BCUT2D eigenvalue weighted by molar-refractivity contribution is 5.81. The molecule has 2 unspecified atom stereocenters. The number of nitrogens with two attached hydrogens (primary N) is 1. The summed E-state index contributed by atoms with van der Waals surface area (Å²) in [5.74, 6) is 0.513. The van der Waals surface area contributed by atoms with Crippen LogP contribution in [0.25, 0.3) is 0 Å². The fourth-order valence-electron chi connectivity index (χ4n) is 3.66. The summed E-state index contributed by atoms with van der Waals surface area (Å²) in [6, 6.07) is 1.29. The Bertz CT molecular complexity index is 305. The fourth-order valence-corrected chi connectivity index (χ4v) is 3.66. The Kier molecular flexibility index (Phi) is 4.85. The number of rotatable bonds is 4. The van der Waals surface area contributed by atoms with Gasteiger partial charge in [0.25, 0.3) is 0 Å². The third kappa shape index (κ3) is 3.69. The first kappa shape index (κ1) is 14.8. The second kappa shape index (κ2) is 6.23. The molecule has 0 aromatic heterocycles. The summed E-state index contributed by atoms with van der Waals surface area (Å²) in [5, 5.41) is 3.18. The SMILES string of the molecule is CC(C)C[C@@H](N)C(=O)NC1CC2CCCC(C1)N2C. The topological polar surface area (TPSA) is 58.4 Å². The lowest BCUT2D eigenvalue weighted by Gasteiger charge is -2.47. The molecule has 0 radical (unpaired) electrons. The van der Waals surface area contributed by atoms with Crippen LogP contribution in [0.15, 0.2) is 0 Å². The summed E-state index contributed by atoms with van der Waals surface area (Å²) >= 11 is 0. The van der Waals surface area contributed by atoms with Crippen LogP contribution in [0.5, 0.6) is 0 Å². The molecular weight excluding hydrogens is 238 g/mol. The molecule has 0 aromatic carbocycles. The van der Waals surface area contributed by atoms with Crippen molar-refractivity contribution in [2.75, 3.05) is 7.05 Å². The maximum Gasteiger partial charge on any atom is 0.237 e. The molecule has 0 aromatic rings.